The fourth-order valence-corrected chi connectivity index (χ4v) is 3.99. The first-order valence-electron chi connectivity index (χ1n) is 11.0. The number of benzene rings is 1. The van der Waals surface area contributed by atoms with Crippen LogP contribution in [-0.2, 0) is 9.53 Å². The summed E-state index contributed by atoms with van der Waals surface area (Å²) in [5.74, 6) is 4.51. The number of aldehydes is 1. The molecule has 0 heterocycles. The molecule has 0 aliphatic carbocycles. The highest BCUT2D eigenvalue weighted by atomic mass is 32.2. The van der Waals surface area contributed by atoms with Crippen LogP contribution in [0.3, 0.4) is 0 Å². The topological polar surface area (TPSA) is 82.1 Å². The molecular formula is C23H36O6S2. The van der Waals surface area contributed by atoms with E-state index in [0.717, 1.165) is 61.4 Å². The maximum absolute atomic E-state index is 11.5. The fraction of sp³-hybridized carbons (Fsp3) is 0.652. The first-order valence-corrected chi connectivity index (χ1v) is 13.3. The Labute approximate surface area is 194 Å². The Bertz CT molecular complexity index is 612. The number of carbonyl (C=O) groups excluding carboxylic acids is 2. The molecule has 1 aromatic carbocycles. The van der Waals surface area contributed by atoms with Gasteiger partial charge in [-0.2, -0.15) is 23.5 Å². The molecule has 0 saturated heterocycles. The van der Waals surface area contributed by atoms with Crippen LogP contribution in [0, 0.1) is 0 Å². The van der Waals surface area contributed by atoms with Crippen LogP contribution >= 0.6 is 23.5 Å². The summed E-state index contributed by atoms with van der Waals surface area (Å²) in [4.78, 5) is 22.7. The number of aliphatic hydroxyl groups is 1. The van der Waals surface area contributed by atoms with Gasteiger partial charge in [0.1, 0.15) is 24.4 Å². The van der Waals surface area contributed by atoms with Gasteiger partial charge < -0.3 is 19.3 Å². The highest BCUT2D eigenvalue weighted by Gasteiger charge is 2.04. The maximum atomic E-state index is 11.5. The van der Waals surface area contributed by atoms with Crippen LogP contribution in [-0.4, -0.2) is 66.8 Å². The van der Waals surface area contributed by atoms with Crippen LogP contribution in [0.25, 0.3) is 0 Å². The van der Waals surface area contributed by atoms with E-state index in [0.29, 0.717) is 43.3 Å². The predicted octanol–water partition coefficient (Wildman–Crippen LogP) is 4.62. The number of ether oxygens (including phenoxy) is 3. The number of esters is 1. The Morgan fingerprint density at radius 1 is 0.903 bits per heavy atom. The van der Waals surface area contributed by atoms with Gasteiger partial charge in [-0.1, -0.05) is 19.8 Å². The van der Waals surface area contributed by atoms with E-state index in [9.17, 15) is 9.59 Å². The molecule has 1 rings (SSSR count). The molecule has 0 spiro atoms. The average Bonchev–Trinajstić information content (AvgIpc) is 2.78. The van der Waals surface area contributed by atoms with Gasteiger partial charge in [0.2, 0.25) is 0 Å². The Hall–Kier alpha value is -1.38. The molecule has 0 bridgehead atoms. The Balaban J connectivity index is 2.17. The van der Waals surface area contributed by atoms with Crippen molar-refractivity contribution in [1.82, 2.24) is 0 Å². The quantitative estimate of drug-likeness (QED) is 0.167. The standard InChI is InChI=1S/C23H36O6S2/c1-2-3-4-7-23(26)29-11-15-31-13-6-10-28-22-17-20(19-25)16-21(18-22)27-9-5-12-30-14-8-24/h16-19,24H,2-15H2,1H3. The Morgan fingerprint density at radius 2 is 1.55 bits per heavy atom. The average molecular weight is 473 g/mol. The minimum atomic E-state index is -0.102. The van der Waals surface area contributed by atoms with Gasteiger partial charge >= 0.3 is 5.97 Å². The molecule has 0 saturated carbocycles. The molecule has 0 amide bonds. The van der Waals surface area contributed by atoms with Crippen molar-refractivity contribution < 1.29 is 28.9 Å². The van der Waals surface area contributed by atoms with Gasteiger partial charge in [-0.25, -0.2) is 0 Å². The maximum Gasteiger partial charge on any atom is 0.305 e. The van der Waals surface area contributed by atoms with Crippen LogP contribution in [0.4, 0.5) is 0 Å². The SMILES string of the molecule is CCCCCC(=O)OCCSCCCOc1cc(C=O)cc(OCCCSCCO)c1. The second kappa shape index (κ2) is 19.3. The summed E-state index contributed by atoms with van der Waals surface area (Å²) < 4.78 is 16.7. The predicted molar refractivity (Wildman–Crippen MR) is 129 cm³/mol. The van der Waals surface area contributed by atoms with Crippen LogP contribution in [0.2, 0.25) is 0 Å². The normalized spacial score (nSPS) is 10.6. The van der Waals surface area contributed by atoms with Crippen molar-refractivity contribution in [2.75, 3.05) is 49.4 Å². The van der Waals surface area contributed by atoms with Crippen LogP contribution in [0.5, 0.6) is 11.5 Å². The molecule has 176 valence electrons. The van der Waals surface area contributed by atoms with E-state index in [1.54, 1.807) is 41.7 Å². The number of aliphatic hydroxyl groups excluding tert-OH is 1. The van der Waals surface area contributed by atoms with E-state index >= 15 is 0 Å². The second-order valence-electron chi connectivity index (χ2n) is 6.89. The van der Waals surface area contributed by atoms with Crippen molar-refractivity contribution in [1.29, 1.82) is 0 Å². The highest BCUT2D eigenvalue weighted by molar-refractivity contribution is 7.99. The lowest BCUT2D eigenvalue weighted by Gasteiger charge is -2.11. The van der Waals surface area contributed by atoms with Gasteiger partial charge in [0, 0.05) is 29.6 Å². The van der Waals surface area contributed by atoms with Gasteiger partial charge in [-0.15, -0.1) is 0 Å². The first-order chi connectivity index (χ1) is 15.2. The molecule has 0 aliphatic rings. The molecule has 0 radical (unpaired) electrons. The largest absolute Gasteiger partial charge is 0.493 e. The van der Waals surface area contributed by atoms with E-state index in [1.165, 1.54) is 0 Å². The third-order valence-corrected chi connectivity index (χ3v) is 6.23. The van der Waals surface area contributed by atoms with Gasteiger partial charge in [-0.05, 0) is 42.9 Å². The molecular weight excluding hydrogens is 436 g/mol. The number of hydrogen-bond acceptors (Lipinski definition) is 8. The van der Waals surface area contributed by atoms with Crippen LogP contribution < -0.4 is 9.47 Å². The summed E-state index contributed by atoms with van der Waals surface area (Å²) >= 11 is 3.42. The van der Waals surface area contributed by atoms with Crippen molar-refractivity contribution in [2.24, 2.45) is 0 Å². The van der Waals surface area contributed by atoms with E-state index < -0.39 is 0 Å². The fourth-order valence-electron chi connectivity index (χ4n) is 2.61. The molecule has 1 aromatic rings. The molecule has 6 nitrogen and oxygen atoms in total. The van der Waals surface area contributed by atoms with Crippen molar-refractivity contribution in [2.45, 2.75) is 45.4 Å². The zero-order valence-electron chi connectivity index (χ0n) is 18.5. The lowest BCUT2D eigenvalue weighted by Crippen LogP contribution is -2.07. The molecule has 0 atom stereocenters. The van der Waals surface area contributed by atoms with Gasteiger partial charge in [-0.3, -0.25) is 9.59 Å². The third kappa shape index (κ3) is 15.1. The third-order valence-electron chi connectivity index (χ3n) is 4.15. The summed E-state index contributed by atoms with van der Waals surface area (Å²) in [5, 5.41) is 8.77. The summed E-state index contributed by atoms with van der Waals surface area (Å²) in [6.45, 7) is 3.86. The second-order valence-corrected chi connectivity index (χ2v) is 9.34. The summed E-state index contributed by atoms with van der Waals surface area (Å²) in [5.41, 5.74) is 0.525. The monoisotopic (exact) mass is 472 g/mol. The number of hydrogen-bond donors (Lipinski definition) is 1. The van der Waals surface area contributed by atoms with Crippen molar-refractivity contribution in [3.8, 4) is 11.5 Å². The molecule has 0 aromatic heterocycles. The number of unbranched alkanes of at least 4 members (excludes halogenated alkanes) is 2. The molecule has 0 unspecified atom stereocenters. The van der Waals surface area contributed by atoms with Gasteiger partial charge in [0.05, 0.1) is 19.8 Å². The minimum absolute atomic E-state index is 0.102. The lowest BCUT2D eigenvalue weighted by atomic mass is 10.2. The zero-order valence-corrected chi connectivity index (χ0v) is 20.1. The van der Waals surface area contributed by atoms with Gasteiger partial charge in [0.25, 0.3) is 0 Å². The van der Waals surface area contributed by atoms with E-state index in [2.05, 4.69) is 6.92 Å². The molecule has 8 heteroatoms. The smallest absolute Gasteiger partial charge is 0.305 e. The van der Waals surface area contributed by atoms with Crippen molar-refractivity contribution in [3.63, 3.8) is 0 Å². The molecule has 0 aliphatic heterocycles. The number of rotatable bonds is 20. The summed E-state index contributed by atoms with van der Waals surface area (Å²) in [6.07, 6.45) is 6.11. The summed E-state index contributed by atoms with van der Waals surface area (Å²) in [6, 6.07) is 5.22. The minimum Gasteiger partial charge on any atom is -0.493 e. The zero-order chi connectivity index (χ0) is 22.6. The number of thioether (sulfide) groups is 2. The van der Waals surface area contributed by atoms with Gasteiger partial charge in [0.15, 0.2) is 0 Å². The van der Waals surface area contributed by atoms with Crippen molar-refractivity contribution in [3.05, 3.63) is 23.8 Å². The molecule has 31 heavy (non-hydrogen) atoms. The molecule has 0 fully saturated rings. The summed E-state index contributed by atoms with van der Waals surface area (Å²) in [7, 11) is 0. The Kier molecular flexibility index (Phi) is 17.2. The lowest BCUT2D eigenvalue weighted by molar-refractivity contribution is -0.143. The first kappa shape index (κ1) is 27.7. The van der Waals surface area contributed by atoms with E-state index in [4.69, 9.17) is 19.3 Å². The highest BCUT2D eigenvalue weighted by Crippen LogP contribution is 2.23. The van der Waals surface area contributed by atoms with E-state index in [-0.39, 0.29) is 12.6 Å². The van der Waals surface area contributed by atoms with Crippen molar-refractivity contribution >= 4 is 35.8 Å². The van der Waals surface area contributed by atoms with E-state index in [1.807, 2.05) is 0 Å². The Morgan fingerprint density at radius 3 is 2.13 bits per heavy atom. The van der Waals surface area contributed by atoms with Crippen LogP contribution in [0.15, 0.2) is 18.2 Å². The van der Waals surface area contributed by atoms with Crippen LogP contribution in [0.1, 0.15) is 55.8 Å². The molecule has 1 N–H and O–H groups in total. The number of carbonyl (C=O) groups is 2.